The molecule has 0 aliphatic rings. The van der Waals surface area contributed by atoms with Crippen molar-refractivity contribution in [3.05, 3.63) is 144 Å². The van der Waals surface area contributed by atoms with Crippen LogP contribution in [0.15, 0.2) is 138 Å². The highest BCUT2D eigenvalue weighted by Crippen LogP contribution is 2.38. The Morgan fingerprint density at radius 3 is 1.82 bits per heavy atom. The van der Waals surface area contributed by atoms with Gasteiger partial charge in [-0.2, -0.15) is 0 Å². The molecule has 0 atom stereocenters. The van der Waals surface area contributed by atoms with E-state index in [0.717, 1.165) is 60.6 Å². The quantitative estimate of drug-likeness (QED) is 0.243. The summed E-state index contributed by atoms with van der Waals surface area (Å²) in [6.07, 6.45) is 0. The number of fused-ring (bicyclic) bond motifs is 6. The van der Waals surface area contributed by atoms with Gasteiger partial charge in [-0.25, -0.2) is 19.3 Å². The third-order valence-corrected chi connectivity index (χ3v) is 7.56. The maximum atomic E-state index is 14.6. The van der Waals surface area contributed by atoms with Crippen LogP contribution in [0.1, 0.15) is 0 Å². The topological polar surface area (TPSA) is 52.2 Å². The molecule has 5 nitrogen and oxygen atoms in total. The minimum atomic E-state index is -0.207. The van der Waals surface area contributed by atoms with Gasteiger partial charge < -0.3 is 0 Å². The first-order valence-corrected chi connectivity index (χ1v) is 13.2. The third kappa shape index (κ3) is 3.25. The van der Waals surface area contributed by atoms with Crippen LogP contribution in [0.4, 0.5) is 0 Å². The Morgan fingerprint density at radius 2 is 1.07 bits per heavy atom. The fraction of sp³-hybridized carbons (Fsp3) is 0. The molecule has 0 aliphatic carbocycles. The Bertz CT molecular complexity index is 2280. The zero-order chi connectivity index (χ0) is 26.6. The molecule has 0 saturated heterocycles. The van der Waals surface area contributed by atoms with Crippen LogP contribution >= 0.6 is 0 Å². The summed E-state index contributed by atoms with van der Waals surface area (Å²) in [5.41, 5.74) is 6.94. The normalized spacial score (nSPS) is 11.6. The van der Waals surface area contributed by atoms with Gasteiger partial charge in [-0.05, 0) is 23.8 Å². The number of hydrogen-bond donors (Lipinski definition) is 0. The Balaban J connectivity index is 1.56. The van der Waals surface area contributed by atoms with Crippen LogP contribution in [0.2, 0.25) is 0 Å². The van der Waals surface area contributed by atoms with E-state index in [0.29, 0.717) is 5.95 Å². The van der Waals surface area contributed by atoms with Crippen LogP contribution < -0.4 is 5.69 Å². The number of hydrogen-bond acceptors (Lipinski definition) is 3. The molecule has 0 N–H and O–H groups in total. The first-order valence-electron chi connectivity index (χ1n) is 13.2. The van der Waals surface area contributed by atoms with E-state index >= 15 is 0 Å². The SMILES string of the molecule is O=c1n(-c2nc(-c3ccccc3)c3ccccc3n2)c2ccccc2c2c(-c3ccccc3)c3ccccc3n12. The molecule has 8 rings (SSSR count). The zero-order valence-electron chi connectivity index (χ0n) is 21.4. The van der Waals surface area contributed by atoms with Gasteiger partial charge in [0.15, 0.2) is 0 Å². The van der Waals surface area contributed by atoms with Crippen molar-refractivity contribution in [2.45, 2.75) is 0 Å². The fourth-order valence-corrected chi connectivity index (χ4v) is 5.84. The zero-order valence-corrected chi connectivity index (χ0v) is 21.4. The minimum Gasteiger partial charge on any atom is -0.260 e. The van der Waals surface area contributed by atoms with Crippen molar-refractivity contribution >= 4 is 38.2 Å². The van der Waals surface area contributed by atoms with Crippen molar-refractivity contribution in [3.63, 3.8) is 0 Å². The summed E-state index contributed by atoms with van der Waals surface area (Å²) in [6, 6.07) is 44.4. The molecular weight excluding hydrogens is 492 g/mol. The van der Waals surface area contributed by atoms with Crippen LogP contribution in [-0.2, 0) is 0 Å². The fourth-order valence-electron chi connectivity index (χ4n) is 5.84. The van der Waals surface area contributed by atoms with Gasteiger partial charge in [0.1, 0.15) is 0 Å². The van der Waals surface area contributed by atoms with Gasteiger partial charge in [0.05, 0.1) is 27.8 Å². The molecule has 5 aromatic carbocycles. The monoisotopic (exact) mass is 514 g/mol. The predicted octanol–water partition coefficient (Wildman–Crippen LogP) is 7.67. The van der Waals surface area contributed by atoms with Crippen molar-refractivity contribution < 1.29 is 0 Å². The summed E-state index contributed by atoms with van der Waals surface area (Å²) in [5, 5.41) is 2.92. The van der Waals surface area contributed by atoms with Crippen molar-refractivity contribution in [2.24, 2.45) is 0 Å². The number of aromatic nitrogens is 4. The van der Waals surface area contributed by atoms with Crippen molar-refractivity contribution in [1.29, 1.82) is 0 Å². The Labute approximate surface area is 229 Å². The summed E-state index contributed by atoms with van der Waals surface area (Å²) in [4.78, 5) is 24.6. The van der Waals surface area contributed by atoms with Crippen LogP contribution in [-0.4, -0.2) is 18.9 Å². The van der Waals surface area contributed by atoms with Crippen molar-refractivity contribution in [1.82, 2.24) is 18.9 Å². The summed E-state index contributed by atoms with van der Waals surface area (Å²) >= 11 is 0. The standard InChI is InChI=1S/C35H22N4O/c40-35-38-29-21-11-8-18-26(29)31(23-13-3-1-4-14-23)33(38)27-19-9-12-22-30(27)39(35)34-36-28-20-10-7-17-25(28)32(37-34)24-15-5-2-6-16-24/h1-22H. The Hall–Kier alpha value is -5.55. The van der Waals surface area contributed by atoms with Crippen LogP contribution in [0.5, 0.6) is 0 Å². The summed E-state index contributed by atoms with van der Waals surface area (Å²) in [6.45, 7) is 0. The molecule has 0 radical (unpaired) electrons. The van der Waals surface area contributed by atoms with Crippen molar-refractivity contribution in [3.8, 4) is 28.3 Å². The van der Waals surface area contributed by atoms with Crippen LogP contribution in [0, 0.1) is 0 Å². The second kappa shape index (κ2) is 8.75. The molecule has 3 aromatic heterocycles. The van der Waals surface area contributed by atoms with Gasteiger partial charge in [0, 0.05) is 27.3 Å². The van der Waals surface area contributed by atoms with Crippen LogP contribution in [0.25, 0.3) is 66.6 Å². The molecule has 0 saturated carbocycles. The van der Waals surface area contributed by atoms with Crippen molar-refractivity contribution in [2.75, 3.05) is 0 Å². The Morgan fingerprint density at radius 1 is 0.500 bits per heavy atom. The van der Waals surface area contributed by atoms with Gasteiger partial charge in [-0.1, -0.05) is 115 Å². The maximum Gasteiger partial charge on any atom is 0.340 e. The van der Waals surface area contributed by atoms with E-state index in [1.165, 1.54) is 0 Å². The first-order chi connectivity index (χ1) is 19.8. The molecule has 0 aliphatic heterocycles. The van der Waals surface area contributed by atoms with E-state index in [1.54, 1.807) is 4.57 Å². The van der Waals surface area contributed by atoms with Gasteiger partial charge in [0.25, 0.3) is 0 Å². The molecular formula is C35H22N4O. The lowest BCUT2D eigenvalue weighted by Crippen LogP contribution is -2.27. The van der Waals surface area contributed by atoms with E-state index in [2.05, 4.69) is 24.3 Å². The second-order valence-electron chi connectivity index (χ2n) is 9.83. The third-order valence-electron chi connectivity index (χ3n) is 7.56. The molecule has 8 aromatic rings. The highest BCUT2D eigenvalue weighted by atomic mass is 16.1. The van der Waals surface area contributed by atoms with E-state index in [1.807, 2.05) is 114 Å². The van der Waals surface area contributed by atoms with Gasteiger partial charge in [0.2, 0.25) is 5.95 Å². The van der Waals surface area contributed by atoms with E-state index in [9.17, 15) is 4.79 Å². The lowest BCUT2D eigenvalue weighted by molar-refractivity contribution is 0.874. The summed E-state index contributed by atoms with van der Waals surface area (Å²) < 4.78 is 3.48. The average Bonchev–Trinajstić information content (AvgIpc) is 3.37. The molecule has 3 heterocycles. The molecule has 0 fully saturated rings. The molecule has 0 bridgehead atoms. The second-order valence-corrected chi connectivity index (χ2v) is 9.83. The largest absolute Gasteiger partial charge is 0.340 e. The van der Waals surface area contributed by atoms with Gasteiger partial charge >= 0.3 is 5.69 Å². The lowest BCUT2D eigenvalue weighted by atomic mass is 10.0. The summed E-state index contributed by atoms with van der Waals surface area (Å²) in [7, 11) is 0. The average molecular weight is 515 g/mol. The number of para-hydroxylation sites is 3. The molecule has 0 unspecified atom stereocenters. The van der Waals surface area contributed by atoms with E-state index in [4.69, 9.17) is 9.97 Å². The van der Waals surface area contributed by atoms with Crippen LogP contribution in [0.3, 0.4) is 0 Å². The minimum absolute atomic E-state index is 0.207. The molecule has 188 valence electrons. The molecule has 5 heteroatoms. The number of nitrogens with zero attached hydrogens (tertiary/aromatic N) is 4. The molecule has 40 heavy (non-hydrogen) atoms. The Kier molecular flexibility index (Phi) is 4.91. The number of benzene rings is 5. The number of rotatable bonds is 3. The molecule has 0 spiro atoms. The predicted molar refractivity (Wildman–Crippen MR) is 162 cm³/mol. The smallest absolute Gasteiger partial charge is 0.260 e. The first kappa shape index (κ1) is 22.4. The summed E-state index contributed by atoms with van der Waals surface area (Å²) in [5.74, 6) is 0.347. The molecule has 0 amide bonds. The highest BCUT2D eigenvalue weighted by Gasteiger charge is 2.22. The van der Waals surface area contributed by atoms with Gasteiger partial charge in [-0.15, -0.1) is 0 Å². The van der Waals surface area contributed by atoms with E-state index < -0.39 is 0 Å². The van der Waals surface area contributed by atoms with E-state index in [-0.39, 0.29) is 5.69 Å². The highest BCUT2D eigenvalue weighted by molar-refractivity contribution is 6.14. The maximum absolute atomic E-state index is 14.6. The van der Waals surface area contributed by atoms with Gasteiger partial charge in [-0.3, -0.25) is 4.40 Å². The lowest BCUT2D eigenvalue weighted by Gasteiger charge is -2.14.